The Morgan fingerprint density at radius 3 is 2.76 bits per heavy atom. The molecule has 6 nitrogen and oxygen atoms in total. The standard InChI is InChI=1S/C31H29FN6/c1-5-9-19(4)35-24(7-3)15-20(6-2)22-16-26-30(37-38-31(26)34-18-22)28-17-25-27(36-28)12-13-33-29(25)21-10-8-11-23(32)14-21/h6-8,10-18,35-36H,3-5,9H2,1-2H3,(H,34,37,38)/b20-6+,24-15+. The van der Waals surface area contributed by atoms with E-state index in [2.05, 4.69) is 56.6 Å². The fourth-order valence-electron chi connectivity index (χ4n) is 4.53. The molecule has 0 unspecified atom stereocenters. The third kappa shape index (κ3) is 4.91. The summed E-state index contributed by atoms with van der Waals surface area (Å²) in [5.74, 6) is -0.298. The molecule has 4 aromatic heterocycles. The van der Waals surface area contributed by atoms with Gasteiger partial charge in [-0.25, -0.2) is 9.37 Å². The molecule has 4 heterocycles. The number of fused-ring (bicyclic) bond motifs is 2. The van der Waals surface area contributed by atoms with Crippen molar-refractivity contribution >= 4 is 27.5 Å². The minimum Gasteiger partial charge on any atom is -0.359 e. The van der Waals surface area contributed by atoms with E-state index in [-0.39, 0.29) is 5.82 Å². The number of aromatic nitrogens is 5. The van der Waals surface area contributed by atoms with E-state index in [1.165, 1.54) is 12.1 Å². The molecule has 1 aromatic carbocycles. The van der Waals surface area contributed by atoms with E-state index in [1.54, 1.807) is 18.3 Å². The topological polar surface area (TPSA) is 82.3 Å². The lowest BCUT2D eigenvalue weighted by molar-refractivity contribution is 0.628. The zero-order valence-corrected chi connectivity index (χ0v) is 21.5. The highest BCUT2D eigenvalue weighted by Gasteiger charge is 2.15. The second-order valence-electron chi connectivity index (χ2n) is 9.03. The van der Waals surface area contributed by atoms with Crippen LogP contribution >= 0.6 is 0 Å². The molecular formula is C31H29FN6. The van der Waals surface area contributed by atoms with Gasteiger partial charge in [0.2, 0.25) is 0 Å². The summed E-state index contributed by atoms with van der Waals surface area (Å²) < 4.78 is 13.9. The van der Waals surface area contributed by atoms with Crippen molar-refractivity contribution in [1.29, 1.82) is 0 Å². The van der Waals surface area contributed by atoms with Crippen LogP contribution in [0.15, 0.2) is 97.6 Å². The number of H-pyrrole nitrogens is 2. The summed E-state index contributed by atoms with van der Waals surface area (Å²) >= 11 is 0. The first-order chi connectivity index (χ1) is 18.5. The molecule has 0 aliphatic carbocycles. The van der Waals surface area contributed by atoms with Gasteiger partial charge >= 0.3 is 0 Å². The Bertz CT molecular complexity index is 1720. The van der Waals surface area contributed by atoms with E-state index < -0.39 is 0 Å². The minimum atomic E-state index is -0.298. The third-order valence-corrected chi connectivity index (χ3v) is 6.37. The molecule has 0 aliphatic heterocycles. The van der Waals surface area contributed by atoms with Crippen molar-refractivity contribution < 1.29 is 4.39 Å². The van der Waals surface area contributed by atoms with Crippen molar-refractivity contribution in [3.05, 3.63) is 109 Å². The van der Waals surface area contributed by atoms with Gasteiger partial charge in [-0.05, 0) is 61.4 Å². The van der Waals surface area contributed by atoms with Crippen LogP contribution in [0.4, 0.5) is 4.39 Å². The Morgan fingerprint density at radius 2 is 2.00 bits per heavy atom. The van der Waals surface area contributed by atoms with Crippen molar-refractivity contribution in [2.75, 3.05) is 0 Å². The maximum atomic E-state index is 13.9. The molecule has 7 heteroatoms. The van der Waals surface area contributed by atoms with Crippen LogP contribution in [-0.2, 0) is 0 Å². The van der Waals surface area contributed by atoms with Gasteiger partial charge in [0.15, 0.2) is 5.65 Å². The van der Waals surface area contributed by atoms with Gasteiger partial charge in [-0.15, -0.1) is 0 Å². The Morgan fingerprint density at radius 1 is 1.13 bits per heavy atom. The lowest BCUT2D eigenvalue weighted by Gasteiger charge is -2.11. The van der Waals surface area contributed by atoms with Gasteiger partial charge in [0.25, 0.3) is 0 Å². The molecule has 0 aliphatic rings. The number of nitrogens with zero attached hydrogens (tertiary/aromatic N) is 3. The maximum Gasteiger partial charge on any atom is 0.181 e. The zero-order chi connectivity index (χ0) is 26.6. The SMILES string of the molecule is C=C/C(=C\C(=C/C)c1cnc2n[nH]c(-c3cc4c(-c5cccc(F)c5)nccc4[nH]3)c2c1)NC(=C)CCC. The molecule has 5 aromatic rings. The quantitative estimate of drug-likeness (QED) is 0.180. The average Bonchev–Trinajstić information content (AvgIpc) is 3.54. The minimum absolute atomic E-state index is 0.298. The number of allylic oxidation sites excluding steroid dienone is 5. The predicted molar refractivity (Wildman–Crippen MR) is 153 cm³/mol. The number of rotatable bonds is 9. The van der Waals surface area contributed by atoms with Crippen LogP contribution in [0.1, 0.15) is 32.3 Å². The van der Waals surface area contributed by atoms with Gasteiger partial charge in [0.05, 0.1) is 17.1 Å². The molecule has 0 amide bonds. The molecule has 38 heavy (non-hydrogen) atoms. The summed E-state index contributed by atoms with van der Waals surface area (Å²) in [7, 11) is 0. The molecule has 190 valence electrons. The number of hydrogen-bond acceptors (Lipinski definition) is 4. The summed E-state index contributed by atoms with van der Waals surface area (Å²) in [5, 5.41) is 12.7. The molecule has 0 radical (unpaired) electrons. The van der Waals surface area contributed by atoms with E-state index >= 15 is 0 Å². The fourth-order valence-corrected chi connectivity index (χ4v) is 4.53. The molecule has 5 rings (SSSR count). The van der Waals surface area contributed by atoms with Crippen molar-refractivity contribution in [2.24, 2.45) is 0 Å². The number of benzene rings is 1. The van der Waals surface area contributed by atoms with E-state index in [1.807, 2.05) is 43.5 Å². The predicted octanol–water partition coefficient (Wildman–Crippen LogP) is 7.68. The van der Waals surface area contributed by atoms with Crippen molar-refractivity contribution in [1.82, 2.24) is 30.5 Å². The van der Waals surface area contributed by atoms with Gasteiger partial charge < -0.3 is 10.3 Å². The van der Waals surface area contributed by atoms with Gasteiger partial charge in [-0.2, -0.15) is 5.10 Å². The van der Waals surface area contributed by atoms with Crippen LogP contribution in [-0.4, -0.2) is 25.1 Å². The summed E-state index contributed by atoms with van der Waals surface area (Å²) in [4.78, 5) is 12.6. The summed E-state index contributed by atoms with van der Waals surface area (Å²) in [6.07, 6.45) is 11.3. The van der Waals surface area contributed by atoms with Gasteiger partial charge in [0, 0.05) is 51.2 Å². The monoisotopic (exact) mass is 504 g/mol. The van der Waals surface area contributed by atoms with Gasteiger partial charge in [-0.3, -0.25) is 10.1 Å². The number of aromatic amines is 2. The fraction of sp³-hybridized carbons (Fsp3) is 0.129. The second-order valence-corrected chi connectivity index (χ2v) is 9.03. The Hall–Kier alpha value is -4.78. The van der Waals surface area contributed by atoms with E-state index in [0.717, 1.165) is 68.6 Å². The lowest BCUT2D eigenvalue weighted by atomic mass is 10.0. The van der Waals surface area contributed by atoms with Crippen molar-refractivity contribution in [3.63, 3.8) is 0 Å². The smallest absolute Gasteiger partial charge is 0.181 e. The second kappa shape index (κ2) is 10.7. The van der Waals surface area contributed by atoms with Crippen LogP contribution in [0.5, 0.6) is 0 Å². The van der Waals surface area contributed by atoms with Crippen LogP contribution in [0.2, 0.25) is 0 Å². The highest BCUT2D eigenvalue weighted by molar-refractivity contribution is 6.00. The van der Waals surface area contributed by atoms with Gasteiger partial charge in [-0.1, -0.05) is 44.7 Å². The molecule has 0 fully saturated rings. The molecule has 0 atom stereocenters. The van der Waals surface area contributed by atoms with Crippen molar-refractivity contribution in [2.45, 2.75) is 26.7 Å². The molecule has 0 spiro atoms. The highest BCUT2D eigenvalue weighted by atomic mass is 19.1. The van der Waals surface area contributed by atoms with E-state index in [0.29, 0.717) is 11.3 Å². The Kier molecular flexibility index (Phi) is 7.00. The molecular weight excluding hydrogens is 475 g/mol. The van der Waals surface area contributed by atoms with Crippen LogP contribution in [0.25, 0.3) is 50.2 Å². The summed E-state index contributed by atoms with van der Waals surface area (Å²) in [6, 6.07) is 12.5. The van der Waals surface area contributed by atoms with Crippen LogP contribution < -0.4 is 5.32 Å². The average molecular weight is 505 g/mol. The Balaban J connectivity index is 1.55. The normalized spacial score (nSPS) is 12.3. The first-order valence-corrected chi connectivity index (χ1v) is 12.5. The number of nitrogens with one attached hydrogen (secondary N) is 3. The molecule has 0 bridgehead atoms. The molecule has 0 saturated heterocycles. The number of hydrogen-bond donors (Lipinski definition) is 3. The van der Waals surface area contributed by atoms with E-state index in [4.69, 9.17) is 0 Å². The molecule has 3 N–H and O–H groups in total. The maximum absolute atomic E-state index is 13.9. The first kappa shape index (κ1) is 24.9. The van der Waals surface area contributed by atoms with Crippen LogP contribution in [0.3, 0.4) is 0 Å². The third-order valence-electron chi connectivity index (χ3n) is 6.37. The largest absolute Gasteiger partial charge is 0.359 e. The summed E-state index contributed by atoms with van der Waals surface area (Å²) in [6.45, 7) is 12.2. The number of halogens is 1. The van der Waals surface area contributed by atoms with Crippen molar-refractivity contribution in [3.8, 4) is 22.6 Å². The van der Waals surface area contributed by atoms with Gasteiger partial charge in [0.1, 0.15) is 5.82 Å². The zero-order valence-electron chi connectivity index (χ0n) is 21.5. The lowest BCUT2D eigenvalue weighted by Crippen LogP contribution is -2.10. The molecule has 0 saturated carbocycles. The van der Waals surface area contributed by atoms with Crippen LogP contribution in [0, 0.1) is 5.82 Å². The highest BCUT2D eigenvalue weighted by Crippen LogP contribution is 2.33. The number of pyridine rings is 2. The van der Waals surface area contributed by atoms with E-state index in [9.17, 15) is 4.39 Å². The Labute approximate surface area is 220 Å². The first-order valence-electron chi connectivity index (χ1n) is 12.5. The summed E-state index contributed by atoms with van der Waals surface area (Å²) in [5.41, 5.74) is 8.36.